The fraction of sp³-hybridized carbons (Fsp3) is 0.200. The van der Waals surface area contributed by atoms with Gasteiger partial charge >= 0.3 is 23.9 Å². The molecule has 0 aliphatic carbocycles. The Hall–Kier alpha value is -10.5. The number of carbonyl (C=O) groups is 8. The van der Waals surface area contributed by atoms with E-state index in [1.807, 2.05) is 26.0 Å². The molecule has 0 atom stereocenters. The van der Waals surface area contributed by atoms with Gasteiger partial charge in [-0.15, -0.1) is 0 Å². The molecule has 0 saturated heterocycles. The van der Waals surface area contributed by atoms with E-state index in [4.69, 9.17) is 37.9 Å². The summed E-state index contributed by atoms with van der Waals surface area (Å²) in [6.45, 7) is 3.96. The van der Waals surface area contributed by atoms with Crippen LogP contribution in [0.3, 0.4) is 0 Å². The van der Waals surface area contributed by atoms with E-state index in [-0.39, 0.29) is 60.2 Å². The summed E-state index contributed by atoms with van der Waals surface area (Å²) in [7, 11) is 5.20. The first-order valence-corrected chi connectivity index (χ1v) is 27.3. The summed E-state index contributed by atoms with van der Waals surface area (Å²) >= 11 is 0. The lowest BCUT2D eigenvalue weighted by Gasteiger charge is -2.32. The molecule has 8 rings (SSSR count). The lowest BCUT2D eigenvalue weighted by Crippen LogP contribution is -2.18. The zero-order valence-electron chi connectivity index (χ0n) is 48.2. The Morgan fingerprint density at radius 1 is 0.360 bits per heavy atom. The molecule has 16 heteroatoms. The van der Waals surface area contributed by atoms with Crippen molar-refractivity contribution >= 4 is 49.0 Å². The Morgan fingerprint density at radius 2 is 0.709 bits per heavy atom. The van der Waals surface area contributed by atoms with Crippen molar-refractivity contribution in [2.45, 2.75) is 51.7 Å². The van der Waals surface area contributed by atoms with Gasteiger partial charge in [0, 0.05) is 24.7 Å². The number of carbonyl (C=O) groups excluding carboxylic acids is 8. The third-order valence-electron chi connectivity index (χ3n) is 14.5. The first-order chi connectivity index (χ1) is 41.7. The van der Waals surface area contributed by atoms with Crippen LogP contribution in [0.5, 0.6) is 23.0 Å². The average molecular weight is 1160 g/mol. The number of rotatable bonds is 27. The zero-order chi connectivity index (χ0) is 61.3. The lowest BCUT2D eigenvalue weighted by atomic mass is 9.72. The molecule has 8 aromatic carbocycles. The lowest BCUT2D eigenvalue weighted by molar-refractivity contribution is 0.0591. The Bertz CT molecular complexity index is 3560. The fourth-order valence-electron chi connectivity index (χ4n) is 10.2. The number of esters is 4. The van der Waals surface area contributed by atoms with Gasteiger partial charge in [0.1, 0.15) is 36.2 Å². The molecule has 8 aromatic rings. The van der Waals surface area contributed by atoms with E-state index in [0.29, 0.717) is 116 Å². The van der Waals surface area contributed by atoms with Gasteiger partial charge < -0.3 is 37.9 Å². The molecule has 0 N–H and O–H groups in total. The standard InChI is InChI=1S/C70H62O16/c1-43-29-55(35-59(39-73)65(43)83-27-25-45-13-17-49(18-14-45)67(75)79-3)64(56-30-44(2)66(60(36-56)40-74)84-28-26-46-15-19-50(20-16-46)68(76)80-4)63(51-21-23-61(57(33-51)37-71)85-41-47-9-7-11-53(31-47)69(77)81-5)52-22-24-62(58(34-52)38-72)86-42-48-10-8-12-54(32-48)70(78)82-6/h7-24,29-40,63-64H,25-28,41-42H2,1-6H3. The summed E-state index contributed by atoms with van der Waals surface area (Å²) in [6.07, 6.45) is 3.63. The molecule has 0 radical (unpaired) electrons. The van der Waals surface area contributed by atoms with E-state index < -0.39 is 35.7 Å². The number of benzene rings is 8. The molecule has 0 heterocycles. The average Bonchev–Trinajstić information content (AvgIpc) is 1.86. The number of hydrogen-bond donors (Lipinski definition) is 0. The maximum Gasteiger partial charge on any atom is 0.337 e. The Morgan fingerprint density at radius 3 is 1.07 bits per heavy atom. The monoisotopic (exact) mass is 1160 g/mol. The molecule has 0 aliphatic rings. The maximum atomic E-state index is 13.4. The van der Waals surface area contributed by atoms with Crippen molar-refractivity contribution in [3.8, 4) is 23.0 Å². The van der Waals surface area contributed by atoms with Crippen molar-refractivity contribution < 1.29 is 76.3 Å². The Labute approximate surface area is 497 Å². The molecule has 0 amide bonds. The molecule has 0 saturated carbocycles. The van der Waals surface area contributed by atoms with Crippen LogP contribution in [0.2, 0.25) is 0 Å². The normalized spacial score (nSPS) is 10.8. The minimum absolute atomic E-state index is 0.0120. The van der Waals surface area contributed by atoms with Gasteiger partial charge in [-0.05, 0) is 154 Å². The van der Waals surface area contributed by atoms with Crippen LogP contribution in [0.4, 0.5) is 0 Å². The summed E-state index contributed by atoms with van der Waals surface area (Å²) in [5.74, 6) is -2.46. The SMILES string of the molecule is COC(=O)c1ccc(CCOc2c(C)cc(C(c3cc(C)c(OCCc4ccc(C(=O)OC)cc4)c(C=O)c3)C(c3ccc(OCc4cccc(C(=O)OC)c4)c(C=O)c3)c3ccc(OCc4cccc(C(=O)OC)c4)c(C=O)c3)cc2C=O)cc1. The Kier molecular flexibility index (Phi) is 20.9. The Balaban J connectivity index is 1.25. The molecule has 86 heavy (non-hydrogen) atoms. The second kappa shape index (κ2) is 29.2. The number of hydrogen-bond acceptors (Lipinski definition) is 16. The highest BCUT2D eigenvalue weighted by molar-refractivity contribution is 5.91. The van der Waals surface area contributed by atoms with E-state index in [0.717, 1.165) is 11.1 Å². The van der Waals surface area contributed by atoms with Crippen LogP contribution in [0.25, 0.3) is 0 Å². The van der Waals surface area contributed by atoms with Crippen LogP contribution in [0.15, 0.2) is 158 Å². The second-order valence-electron chi connectivity index (χ2n) is 20.1. The van der Waals surface area contributed by atoms with Crippen molar-refractivity contribution in [1.82, 2.24) is 0 Å². The van der Waals surface area contributed by atoms with Gasteiger partial charge in [-0.1, -0.05) is 72.8 Å². The predicted molar refractivity (Wildman–Crippen MR) is 319 cm³/mol. The molecule has 0 unspecified atom stereocenters. The number of ether oxygens (including phenoxy) is 8. The fourth-order valence-corrected chi connectivity index (χ4v) is 10.2. The molecule has 0 aromatic heterocycles. The highest BCUT2D eigenvalue weighted by atomic mass is 16.5. The van der Waals surface area contributed by atoms with E-state index in [2.05, 4.69) is 0 Å². The van der Waals surface area contributed by atoms with Crippen molar-refractivity contribution in [3.05, 3.63) is 258 Å². The van der Waals surface area contributed by atoms with Crippen LogP contribution >= 0.6 is 0 Å². The molecule has 0 fully saturated rings. The summed E-state index contributed by atoms with van der Waals surface area (Å²) in [4.78, 5) is 102. The minimum Gasteiger partial charge on any atom is -0.492 e. The highest BCUT2D eigenvalue weighted by Gasteiger charge is 2.32. The van der Waals surface area contributed by atoms with Gasteiger partial charge in [-0.25, -0.2) is 19.2 Å². The van der Waals surface area contributed by atoms with Gasteiger partial charge in [0.15, 0.2) is 25.1 Å². The predicted octanol–water partition coefficient (Wildman–Crippen LogP) is 12.1. The van der Waals surface area contributed by atoms with Crippen LogP contribution < -0.4 is 18.9 Å². The maximum absolute atomic E-state index is 13.4. The van der Waals surface area contributed by atoms with E-state index in [9.17, 15) is 38.4 Å². The first-order valence-electron chi connectivity index (χ1n) is 27.3. The van der Waals surface area contributed by atoms with Gasteiger partial charge in [0.2, 0.25) is 0 Å². The van der Waals surface area contributed by atoms with E-state index in [1.165, 1.54) is 28.4 Å². The van der Waals surface area contributed by atoms with Crippen molar-refractivity contribution in [2.75, 3.05) is 41.7 Å². The summed E-state index contributed by atoms with van der Waals surface area (Å²) in [5, 5.41) is 0. The van der Waals surface area contributed by atoms with E-state index in [1.54, 1.807) is 146 Å². The van der Waals surface area contributed by atoms with E-state index >= 15 is 0 Å². The van der Waals surface area contributed by atoms with Crippen LogP contribution in [0, 0.1) is 13.8 Å². The van der Waals surface area contributed by atoms with Crippen LogP contribution in [-0.4, -0.2) is 90.7 Å². The highest BCUT2D eigenvalue weighted by Crippen LogP contribution is 2.47. The molecular formula is C70H62O16. The van der Waals surface area contributed by atoms with Crippen molar-refractivity contribution in [2.24, 2.45) is 0 Å². The molecule has 0 spiro atoms. The third kappa shape index (κ3) is 14.8. The topological polar surface area (TPSA) is 210 Å². The zero-order valence-corrected chi connectivity index (χ0v) is 48.2. The molecule has 16 nitrogen and oxygen atoms in total. The van der Waals surface area contributed by atoms with Gasteiger partial charge in [0.05, 0.1) is 86.2 Å². The van der Waals surface area contributed by atoms with Gasteiger partial charge in [0.25, 0.3) is 0 Å². The van der Waals surface area contributed by atoms with Gasteiger partial charge in [-0.2, -0.15) is 0 Å². The number of methoxy groups -OCH3 is 4. The number of aldehydes is 4. The smallest absolute Gasteiger partial charge is 0.337 e. The third-order valence-corrected chi connectivity index (χ3v) is 14.5. The minimum atomic E-state index is -0.818. The number of aryl methyl sites for hydroxylation is 2. The summed E-state index contributed by atoms with van der Waals surface area (Å²) in [5.41, 5.74) is 8.77. The molecule has 0 bridgehead atoms. The largest absolute Gasteiger partial charge is 0.492 e. The van der Waals surface area contributed by atoms with Gasteiger partial charge in [-0.3, -0.25) is 19.2 Å². The molecule has 438 valence electrons. The van der Waals surface area contributed by atoms with Crippen molar-refractivity contribution in [3.63, 3.8) is 0 Å². The first kappa shape index (κ1) is 61.6. The van der Waals surface area contributed by atoms with Crippen LogP contribution in [-0.2, 0) is 45.0 Å². The quantitative estimate of drug-likeness (QED) is 0.0266. The summed E-state index contributed by atoms with van der Waals surface area (Å²) < 4.78 is 44.8. The molecular weight excluding hydrogens is 1100 g/mol. The summed E-state index contributed by atoms with van der Waals surface area (Å²) in [6, 6.07) is 44.9. The molecule has 0 aliphatic heterocycles. The van der Waals surface area contributed by atoms with Crippen LogP contribution in [0.1, 0.15) is 150 Å². The van der Waals surface area contributed by atoms with Crippen molar-refractivity contribution in [1.29, 1.82) is 0 Å². The second-order valence-corrected chi connectivity index (χ2v) is 20.1.